The summed E-state index contributed by atoms with van der Waals surface area (Å²) in [5.41, 5.74) is 22.7. The number of benzene rings is 7. The molecule has 12 rings (SSSR count). The zero-order valence-corrected chi connectivity index (χ0v) is 37.5. The fraction of sp³-hybridized carbons (Fsp3) is 0.258. The van der Waals surface area contributed by atoms with E-state index >= 15 is 0 Å². The molecule has 0 aromatic heterocycles. The van der Waals surface area contributed by atoms with E-state index in [1.807, 2.05) is 0 Å². The monoisotopic (exact) mass is 815 g/mol. The number of fused-ring (bicyclic) bond motifs is 12. The first kappa shape index (κ1) is 38.5. The zero-order valence-electron chi connectivity index (χ0n) is 37.5. The molecule has 0 N–H and O–H groups in total. The first-order valence-electron chi connectivity index (χ1n) is 23.6. The normalized spacial score (nSPS) is 21.5. The van der Waals surface area contributed by atoms with Crippen LogP contribution in [0.2, 0.25) is 0 Å². The van der Waals surface area contributed by atoms with E-state index in [1.54, 1.807) is 0 Å². The van der Waals surface area contributed by atoms with E-state index in [-0.39, 0.29) is 27.6 Å². The molecule has 0 heterocycles. The molecule has 0 bridgehead atoms. The van der Waals surface area contributed by atoms with Gasteiger partial charge in [0.1, 0.15) is 0 Å². The minimum Gasteiger partial charge on any atom is -0.310 e. The van der Waals surface area contributed by atoms with Crippen LogP contribution < -0.4 is 4.90 Å². The van der Waals surface area contributed by atoms with Gasteiger partial charge in [0.15, 0.2) is 0 Å². The van der Waals surface area contributed by atoms with Gasteiger partial charge in [-0.2, -0.15) is 0 Å². The van der Waals surface area contributed by atoms with Crippen LogP contribution in [-0.2, 0) is 34.5 Å². The summed E-state index contributed by atoms with van der Waals surface area (Å²) in [6, 6.07) is 63.2. The number of rotatable bonds is 5. The minimum atomic E-state index is -0.381. The second-order valence-corrected chi connectivity index (χ2v) is 20.7. The van der Waals surface area contributed by atoms with Gasteiger partial charge in [-0.15, -0.1) is 0 Å². The van der Waals surface area contributed by atoms with Crippen molar-refractivity contribution >= 4 is 16.9 Å². The summed E-state index contributed by atoms with van der Waals surface area (Å²) in [6.45, 7) is 12.4. The van der Waals surface area contributed by atoms with Crippen molar-refractivity contribution in [3.63, 3.8) is 0 Å². The molecule has 7 aromatic carbocycles. The molecule has 0 aliphatic heterocycles. The topological polar surface area (TPSA) is 3.24 Å². The molecule has 5 aliphatic carbocycles. The summed E-state index contributed by atoms with van der Waals surface area (Å²) in [5, 5.41) is 0. The molecule has 0 saturated carbocycles. The second kappa shape index (κ2) is 13.9. The molecule has 2 unspecified atom stereocenters. The van der Waals surface area contributed by atoms with E-state index in [9.17, 15) is 0 Å². The molecule has 2 atom stereocenters. The standard InChI is InChI=1S/C62H57N/c1-59(2)34-35-60(3,4)56-38-49(48(37-55(56)59)42-21-8-6-9-22-42)50-40-61(5)53-30-18-19-31-54(53)62(51-28-16-14-26-46(51)47-27-15-17-29-52(47)62)58(61)39-57(50)63(44-24-10-7-11-25-44)45-33-32-41-20-12-13-23-43(41)36-45/h6-11,14-19,21-22,24-33,36-40,58H,12-13,20,23,34-35H2,1-5H3. The number of hydrogen-bond acceptors (Lipinski definition) is 1. The first-order valence-corrected chi connectivity index (χ1v) is 23.6. The van der Waals surface area contributed by atoms with Gasteiger partial charge in [-0.3, -0.25) is 0 Å². The second-order valence-electron chi connectivity index (χ2n) is 20.7. The molecule has 1 nitrogen and oxygen atoms in total. The predicted molar refractivity (Wildman–Crippen MR) is 264 cm³/mol. The molecule has 310 valence electrons. The predicted octanol–water partition coefficient (Wildman–Crippen LogP) is 15.6. The molecule has 7 aromatic rings. The summed E-state index contributed by atoms with van der Waals surface area (Å²) in [7, 11) is 0. The Bertz CT molecular complexity index is 2990. The van der Waals surface area contributed by atoms with Crippen LogP contribution in [-0.4, -0.2) is 0 Å². The van der Waals surface area contributed by atoms with Crippen molar-refractivity contribution in [2.45, 2.75) is 94.8 Å². The quantitative estimate of drug-likeness (QED) is 0.167. The van der Waals surface area contributed by atoms with E-state index in [0.717, 1.165) is 12.8 Å². The third-order valence-electron chi connectivity index (χ3n) is 16.3. The van der Waals surface area contributed by atoms with Crippen LogP contribution in [0.3, 0.4) is 0 Å². The van der Waals surface area contributed by atoms with Gasteiger partial charge < -0.3 is 4.90 Å². The maximum atomic E-state index is 2.75. The lowest BCUT2D eigenvalue weighted by Crippen LogP contribution is -2.41. The van der Waals surface area contributed by atoms with Crippen LogP contribution in [0.1, 0.15) is 110 Å². The van der Waals surface area contributed by atoms with Crippen molar-refractivity contribution in [1.82, 2.24) is 0 Å². The molecule has 0 saturated heterocycles. The van der Waals surface area contributed by atoms with Crippen molar-refractivity contribution in [3.8, 4) is 22.3 Å². The molecular weight excluding hydrogens is 759 g/mol. The third kappa shape index (κ3) is 5.54. The fourth-order valence-electron chi connectivity index (χ4n) is 13.0. The Morgan fingerprint density at radius 3 is 1.63 bits per heavy atom. The summed E-state index contributed by atoms with van der Waals surface area (Å²) >= 11 is 0. The van der Waals surface area contributed by atoms with E-state index in [4.69, 9.17) is 0 Å². The summed E-state index contributed by atoms with van der Waals surface area (Å²) in [6.07, 6.45) is 12.7. The minimum absolute atomic E-state index is 0.0409. The average Bonchev–Trinajstić information content (AvgIpc) is 3.74. The van der Waals surface area contributed by atoms with Gasteiger partial charge in [-0.25, -0.2) is 0 Å². The van der Waals surface area contributed by atoms with Crippen molar-refractivity contribution in [2.75, 3.05) is 4.90 Å². The smallest absolute Gasteiger partial charge is 0.0541 e. The highest BCUT2D eigenvalue weighted by atomic mass is 15.2. The Morgan fingerprint density at radius 2 is 0.984 bits per heavy atom. The van der Waals surface area contributed by atoms with Crippen LogP contribution in [0.4, 0.5) is 11.4 Å². The SMILES string of the molecule is CC1(C)CCC(C)(C)c2cc(-c3ccccc3)c(C3=CC4(C)c5ccccc5C5(c6ccccc6-c6ccccc65)C4C=C3N(c3ccccc3)c3ccc4c(c3)CCCC4)cc21. The van der Waals surface area contributed by atoms with Gasteiger partial charge in [0.2, 0.25) is 0 Å². The number of aryl methyl sites for hydroxylation is 2. The van der Waals surface area contributed by atoms with E-state index < -0.39 is 0 Å². The maximum Gasteiger partial charge on any atom is 0.0541 e. The number of anilines is 2. The molecule has 1 heteroatoms. The van der Waals surface area contributed by atoms with Crippen molar-refractivity contribution < 1.29 is 0 Å². The number of allylic oxidation sites excluding steroid dienone is 3. The lowest BCUT2D eigenvalue weighted by Gasteiger charge is -2.45. The van der Waals surface area contributed by atoms with Gasteiger partial charge in [0.05, 0.1) is 11.1 Å². The molecule has 5 aliphatic rings. The van der Waals surface area contributed by atoms with E-state index in [1.165, 1.54) is 121 Å². The first-order chi connectivity index (χ1) is 30.6. The van der Waals surface area contributed by atoms with E-state index in [0.29, 0.717) is 0 Å². The Kier molecular flexibility index (Phi) is 8.50. The average molecular weight is 816 g/mol. The van der Waals surface area contributed by atoms with Gasteiger partial charge in [0, 0.05) is 28.3 Å². The highest BCUT2D eigenvalue weighted by molar-refractivity contribution is 5.97. The van der Waals surface area contributed by atoms with Crippen molar-refractivity contribution in [3.05, 3.63) is 232 Å². The van der Waals surface area contributed by atoms with Crippen LogP contribution in [0.15, 0.2) is 182 Å². The van der Waals surface area contributed by atoms with Gasteiger partial charge in [-0.1, -0.05) is 174 Å². The Balaban J connectivity index is 1.21. The van der Waals surface area contributed by atoms with Gasteiger partial charge >= 0.3 is 0 Å². The molecule has 63 heavy (non-hydrogen) atoms. The van der Waals surface area contributed by atoms with Crippen LogP contribution in [0.5, 0.6) is 0 Å². The van der Waals surface area contributed by atoms with Crippen LogP contribution in [0.25, 0.3) is 27.8 Å². The number of hydrogen-bond donors (Lipinski definition) is 0. The number of para-hydroxylation sites is 1. The van der Waals surface area contributed by atoms with Gasteiger partial charge in [-0.05, 0) is 158 Å². The fourth-order valence-corrected chi connectivity index (χ4v) is 13.0. The highest BCUT2D eigenvalue weighted by Gasteiger charge is 2.62. The molecule has 0 amide bonds. The molecule has 0 fully saturated rings. The van der Waals surface area contributed by atoms with Crippen LogP contribution >= 0.6 is 0 Å². The van der Waals surface area contributed by atoms with E-state index in [2.05, 4.69) is 215 Å². The lowest BCUT2D eigenvalue weighted by molar-refractivity contribution is 0.332. The van der Waals surface area contributed by atoms with Crippen LogP contribution in [0, 0.1) is 5.92 Å². The Hall–Kier alpha value is -6.18. The maximum absolute atomic E-state index is 2.75. The Labute approximate surface area is 374 Å². The third-order valence-corrected chi connectivity index (χ3v) is 16.3. The Morgan fingerprint density at radius 1 is 0.444 bits per heavy atom. The summed E-state index contributed by atoms with van der Waals surface area (Å²) in [5.74, 6) is 0.0861. The summed E-state index contributed by atoms with van der Waals surface area (Å²) in [4.78, 5) is 2.63. The number of nitrogens with zero attached hydrogens (tertiary/aromatic N) is 1. The molecular formula is C62H57N. The largest absolute Gasteiger partial charge is 0.310 e. The lowest BCUT2D eigenvalue weighted by atomic mass is 9.59. The highest BCUT2D eigenvalue weighted by Crippen LogP contribution is 2.68. The molecule has 0 radical (unpaired) electrons. The van der Waals surface area contributed by atoms with Gasteiger partial charge in [0.25, 0.3) is 0 Å². The van der Waals surface area contributed by atoms with Crippen molar-refractivity contribution in [2.24, 2.45) is 5.92 Å². The molecule has 1 spiro atoms. The summed E-state index contributed by atoms with van der Waals surface area (Å²) < 4.78 is 0. The van der Waals surface area contributed by atoms with Crippen molar-refractivity contribution in [1.29, 1.82) is 0 Å². The zero-order chi connectivity index (χ0) is 42.7.